The van der Waals surface area contributed by atoms with Gasteiger partial charge >= 0.3 is 6.09 Å². The number of fused-ring (bicyclic) bond motifs is 1. The van der Waals surface area contributed by atoms with Crippen LogP contribution in [0.5, 0.6) is 0 Å². The number of halogens is 1. The van der Waals surface area contributed by atoms with E-state index in [0.29, 0.717) is 18.0 Å². The minimum atomic E-state index is -0.430. The molecule has 0 saturated heterocycles. The van der Waals surface area contributed by atoms with Crippen molar-refractivity contribution >= 4 is 23.3 Å². The third kappa shape index (κ3) is 4.23. The van der Waals surface area contributed by atoms with Crippen LogP contribution < -0.4 is 5.32 Å². The number of alkyl carbamates (subject to hydrolysis) is 1. The van der Waals surface area contributed by atoms with Gasteiger partial charge in [0, 0.05) is 25.4 Å². The Bertz CT molecular complexity index is 802. The summed E-state index contributed by atoms with van der Waals surface area (Å²) in [6, 6.07) is 13.2. The number of hydrogen-bond acceptors (Lipinski definition) is 3. The number of aromatic nitrogens is 2. The molecule has 2 heterocycles. The lowest BCUT2D eigenvalue weighted by atomic mass is 10.2. The van der Waals surface area contributed by atoms with Crippen LogP contribution >= 0.6 is 11.6 Å². The first kappa shape index (κ1) is 15.4. The molecule has 6 heteroatoms. The summed E-state index contributed by atoms with van der Waals surface area (Å²) in [5, 5.41) is 3.38. The number of carbonyl (C=O) groups is 1. The van der Waals surface area contributed by atoms with E-state index in [1.807, 2.05) is 47.0 Å². The minimum absolute atomic E-state index is 0.263. The zero-order valence-corrected chi connectivity index (χ0v) is 13.2. The highest BCUT2D eigenvalue weighted by molar-refractivity contribution is 6.30. The molecule has 0 aliphatic rings. The number of hydrogen-bond donors (Lipinski definition) is 1. The predicted octanol–water partition coefficient (Wildman–Crippen LogP) is 3.46. The van der Waals surface area contributed by atoms with E-state index < -0.39 is 6.09 Å². The molecule has 0 fully saturated rings. The first-order valence-electron chi connectivity index (χ1n) is 7.28. The minimum Gasteiger partial charge on any atom is -0.445 e. The summed E-state index contributed by atoms with van der Waals surface area (Å²) < 4.78 is 7.01. The smallest absolute Gasteiger partial charge is 0.407 e. The van der Waals surface area contributed by atoms with Crippen molar-refractivity contribution in [2.45, 2.75) is 13.0 Å². The van der Waals surface area contributed by atoms with Crippen LogP contribution in [0.25, 0.3) is 5.65 Å². The molecule has 1 aromatic carbocycles. The van der Waals surface area contributed by atoms with Crippen molar-refractivity contribution in [2.75, 3.05) is 6.54 Å². The van der Waals surface area contributed by atoms with Crippen LogP contribution in [0, 0.1) is 0 Å². The predicted molar refractivity (Wildman–Crippen MR) is 88.5 cm³/mol. The van der Waals surface area contributed by atoms with Crippen molar-refractivity contribution in [3.8, 4) is 0 Å². The van der Waals surface area contributed by atoms with Crippen LogP contribution in [0.2, 0.25) is 5.02 Å². The van der Waals surface area contributed by atoms with E-state index in [1.54, 1.807) is 12.3 Å². The van der Waals surface area contributed by atoms with Gasteiger partial charge in [0.05, 0.1) is 10.7 Å². The van der Waals surface area contributed by atoms with E-state index in [4.69, 9.17) is 16.3 Å². The van der Waals surface area contributed by atoms with Gasteiger partial charge in [-0.3, -0.25) is 0 Å². The van der Waals surface area contributed by atoms with Gasteiger partial charge in [-0.15, -0.1) is 0 Å². The molecule has 0 saturated carbocycles. The van der Waals surface area contributed by atoms with Crippen LogP contribution in [-0.4, -0.2) is 22.0 Å². The quantitative estimate of drug-likeness (QED) is 0.780. The zero-order chi connectivity index (χ0) is 16.1. The number of nitrogens with zero attached hydrogens (tertiary/aromatic N) is 2. The Morgan fingerprint density at radius 2 is 2.00 bits per heavy atom. The Morgan fingerprint density at radius 3 is 2.83 bits per heavy atom. The molecule has 0 aliphatic heterocycles. The second kappa shape index (κ2) is 7.15. The Balaban J connectivity index is 1.45. The summed E-state index contributed by atoms with van der Waals surface area (Å²) in [6.45, 7) is 0.727. The lowest BCUT2D eigenvalue weighted by Gasteiger charge is -2.06. The molecule has 5 nitrogen and oxygen atoms in total. The summed E-state index contributed by atoms with van der Waals surface area (Å²) in [7, 11) is 0. The van der Waals surface area contributed by atoms with E-state index in [1.165, 1.54) is 0 Å². The van der Waals surface area contributed by atoms with Gasteiger partial charge in [0.1, 0.15) is 12.3 Å². The van der Waals surface area contributed by atoms with Crippen LogP contribution in [-0.2, 0) is 17.8 Å². The summed E-state index contributed by atoms with van der Waals surface area (Å²) in [5.74, 6) is 0. The fourth-order valence-corrected chi connectivity index (χ4v) is 2.37. The maximum atomic E-state index is 11.6. The van der Waals surface area contributed by atoms with Gasteiger partial charge in [-0.2, -0.15) is 0 Å². The summed E-state index contributed by atoms with van der Waals surface area (Å²) in [4.78, 5) is 16.1. The maximum absolute atomic E-state index is 11.6. The molecule has 0 bridgehead atoms. The molecule has 0 radical (unpaired) electrons. The standard InChI is InChI=1S/C17H16ClN3O2/c18-14-6-7-16-20-15(11-21(16)10-14)8-9-19-17(22)23-12-13-4-2-1-3-5-13/h1-7,10-11H,8-9,12H2,(H,19,22). The maximum Gasteiger partial charge on any atom is 0.407 e. The lowest BCUT2D eigenvalue weighted by molar-refractivity contribution is 0.140. The van der Waals surface area contributed by atoms with Gasteiger partial charge in [-0.05, 0) is 17.7 Å². The van der Waals surface area contributed by atoms with Gasteiger partial charge in [-0.25, -0.2) is 9.78 Å². The molecule has 1 amide bonds. The van der Waals surface area contributed by atoms with Crippen molar-refractivity contribution in [1.82, 2.24) is 14.7 Å². The molecule has 0 spiro atoms. The highest BCUT2D eigenvalue weighted by atomic mass is 35.5. The molecule has 23 heavy (non-hydrogen) atoms. The van der Waals surface area contributed by atoms with Gasteiger partial charge in [0.2, 0.25) is 0 Å². The molecular weight excluding hydrogens is 314 g/mol. The van der Waals surface area contributed by atoms with E-state index in [2.05, 4.69) is 10.3 Å². The first-order chi connectivity index (χ1) is 11.2. The molecule has 3 rings (SSSR count). The molecule has 2 aromatic heterocycles. The van der Waals surface area contributed by atoms with Gasteiger partial charge < -0.3 is 14.5 Å². The van der Waals surface area contributed by atoms with Crippen LogP contribution in [0.3, 0.4) is 0 Å². The van der Waals surface area contributed by atoms with Gasteiger partial charge in [0.25, 0.3) is 0 Å². The average Bonchev–Trinajstić information content (AvgIpc) is 2.95. The third-order valence-corrected chi connectivity index (χ3v) is 3.55. The normalized spacial score (nSPS) is 10.7. The highest BCUT2D eigenvalue weighted by Crippen LogP contribution is 2.11. The monoisotopic (exact) mass is 329 g/mol. The average molecular weight is 330 g/mol. The lowest BCUT2D eigenvalue weighted by Crippen LogP contribution is -2.26. The fourth-order valence-electron chi connectivity index (χ4n) is 2.20. The first-order valence-corrected chi connectivity index (χ1v) is 7.66. The molecule has 0 aliphatic carbocycles. The summed E-state index contributed by atoms with van der Waals surface area (Å²) in [6.07, 6.45) is 3.90. The second-order valence-corrected chi connectivity index (χ2v) is 5.52. The molecule has 3 aromatic rings. The number of imidazole rings is 1. The van der Waals surface area contributed by atoms with Crippen molar-refractivity contribution in [3.05, 3.63) is 71.1 Å². The number of rotatable bonds is 5. The van der Waals surface area contributed by atoms with E-state index >= 15 is 0 Å². The van der Waals surface area contributed by atoms with E-state index in [0.717, 1.165) is 16.9 Å². The Hall–Kier alpha value is -2.53. The number of ether oxygens (including phenoxy) is 1. The van der Waals surface area contributed by atoms with Gasteiger partial charge in [0.15, 0.2) is 0 Å². The number of carbonyl (C=O) groups excluding carboxylic acids is 1. The Morgan fingerprint density at radius 1 is 1.17 bits per heavy atom. The molecule has 0 unspecified atom stereocenters. The third-order valence-electron chi connectivity index (χ3n) is 3.33. The van der Waals surface area contributed by atoms with Gasteiger partial charge in [-0.1, -0.05) is 41.9 Å². The highest BCUT2D eigenvalue weighted by Gasteiger charge is 2.05. The topological polar surface area (TPSA) is 55.6 Å². The second-order valence-electron chi connectivity index (χ2n) is 5.08. The Kier molecular flexibility index (Phi) is 4.78. The number of benzene rings is 1. The van der Waals surface area contributed by atoms with Crippen molar-refractivity contribution in [3.63, 3.8) is 0 Å². The zero-order valence-electron chi connectivity index (χ0n) is 12.4. The SMILES string of the molecule is O=C(NCCc1cn2cc(Cl)ccc2n1)OCc1ccccc1. The fraction of sp³-hybridized carbons (Fsp3) is 0.176. The molecule has 118 valence electrons. The van der Waals surface area contributed by atoms with Crippen LogP contribution in [0.1, 0.15) is 11.3 Å². The van der Waals surface area contributed by atoms with Crippen molar-refractivity contribution in [2.24, 2.45) is 0 Å². The molecular formula is C17H16ClN3O2. The summed E-state index contributed by atoms with van der Waals surface area (Å²) in [5.41, 5.74) is 2.67. The number of nitrogens with one attached hydrogen (secondary N) is 1. The largest absolute Gasteiger partial charge is 0.445 e. The number of pyridine rings is 1. The van der Waals surface area contributed by atoms with Crippen molar-refractivity contribution in [1.29, 1.82) is 0 Å². The van der Waals surface area contributed by atoms with Crippen LogP contribution in [0.15, 0.2) is 54.9 Å². The van der Waals surface area contributed by atoms with Crippen LogP contribution in [0.4, 0.5) is 4.79 Å². The van der Waals surface area contributed by atoms with Crippen molar-refractivity contribution < 1.29 is 9.53 Å². The Labute approximate surface area is 138 Å². The molecule has 0 atom stereocenters. The number of amides is 1. The van der Waals surface area contributed by atoms with E-state index in [-0.39, 0.29) is 6.61 Å². The molecule has 1 N–H and O–H groups in total. The van der Waals surface area contributed by atoms with E-state index in [9.17, 15) is 4.79 Å². The summed E-state index contributed by atoms with van der Waals surface area (Å²) >= 11 is 5.94.